The minimum Gasteiger partial charge on any atom is -0.493 e. The van der Waals surface area contributed by atoms with Gasteiger partial charge in [-0.25, -0.2) is 21.6 Å². The summed E-state index contributed by atoms with van der Waals surface area (Å²) in [6, 6.07) is 12.7. The number of halogens is 1. The lowest BCUT2D eigenvalue weighted by Crippen LogP contribution is -2.23. The summed E-state index contributed by atoms with van der Waals surface area (Å²) in [4.78, 5) is 0.0908. The van der Waals surface area contributed by atoms with Gasteiger partial charge in [0.05, 0.1) is 10.6 Å². The highest BCUT2D eigenvalue weighted by molar-refractivity contribution is 7.91. The van der Waals surface area contributed by atoms with Gasteiger partial charge >= 0.3 is 0 Å². The van der Waals surface area contributed by atoms with Gasteiger partial charge in [-0.1, -0.05) is 30.7 Å². The van der Waals surface area contributed by atoms with Crippen LogP contribution in [0.4, 0.5) is 0 Å². The molecule has 0 saturated carbocycles. The lowest BCUT2D eigenvalue weighted by atomic mass is 10.2. The van der Waals surface area contributed by atoms with Crippen LogP contribution in [0.15, 0.2) is 53.4 Å². The van der Waals surface area contributed by atoms with Gasteiger partial charge in [0.15, 0.2) is 9.84 Å². The van der Waals surface area contributed by atoms with E-state index in [1.165, 1.54) is 24.3 Å². The first-order valence-corrected chi connectivity index (χ1v) is 11.6. The van der Waals surface area contributed by atoms with Crippen LogP contribution in [0.1, 0.15) is 12.5 Å². The number of rotatable bonds is 9. The van der Waals surface area contributed by atoms with Crippen LogP contribution in [0.2, 0.25) is 5.02 Å². The van der Waals surface area contributed by atoms with Crippen LogP contribution in [0, 0.1) is 0 Å². The van der Waals surface area contributed by atoms with Gasteiger partial charge in [0.1, 0.15) is 12.4 Å². The Morgan fingerprint density at radius 2 is 1.73 bits per heavy atom. The smallest absolute Gasteiger partial charge is 0.240 e. The van der Waals surface area contributed by atoms with E-state index in [-0.39, 0.29) is 29.6 Å². The molecule has 9 heteroatoms. The summed E-state index contributed by atoms with van der Waals surface area (Å²) in [6.07, 6.45) is 0. The maximum absolute atomic E-state index is 12.3. The molecule has 1 N–H and O–H groups in total. The Balaban J connectivity index is 1.95. The number of sulfone groups is 1. The Labute approximate surface area is 159 Å². The fourth-order valence-corrected chi connectivity index (χ4v) is 3.91. The Morgan fingerprint density at radius 1 is 1.04 bits per heavy atom. The Bertz CT molecular complexity index is 941. The third-order valence-electron chi connectivity index (χ3n) is 3.59. The molecule has 6 nitrogen and oxygen atoms in total. The lowest BCUT2D eigenvalue weighted by Gasteiger charge is -2.09. The largest absolute Gasteiger partial charge is 0.493 e. The number of benzene rings is 2. The van der Waals surface area contributed by atoms with E-state index in [0.717, 1.165) is 5.56 Å². The van der Waals surface area contributed by atoms with Gasteiger partial charge in [-0.15, -0.1) is 0 Å². The molecule has 0 bridgehead atoms. The van der Waals surface area contributed by atoms with Crippen molar-refractivity contribution in [3.05, 3.63) is 59.1 Å². The second kappa shape index (κ2) is 8.85. The van der Waals surface area contributed by atoms with Crippen molar-refractivity contribution in [1.29, 1.82) is 0 Å². The molecule has 0 unspecified atom stereocenters. The Morgan fingerprint density at radius 3 is 2.35 bits per heavy atom. The number of hydrogen-bond acceptors (Lipinski definition) is 5. The summed E-state index contributed by atoms with van der Waals surface area (Å²) in [5, 5.41) is 0.535. The van der Waals surface area contributed by atoms with E-state index in [0.29, 0.717) is 10.8 Å². The molecule has 2 aromatic carbocycles. The van der Waals surface area contributed by atoms with Crippen LogP contribution in [-0.4, -0.2) is 34.9 Å². The van der Waals surface area contributed by atoms with Crippen molar-refractivity contribution in [2.45, 2.75) is 18.4 Å². The zero-order valence-electron chi connectivity index (χ0n) is 14.2. The van der Waals surface area contributed by atoms with Crippen molar-refractivity contribution in [2.75, 3.05) is 18.1 Å². The van der Waals surface area contributed by atoms with Crippen molar-refractivity contribution in [3.63, 3.8) is 0 Å². The fraction of sp³-hybridized carbons (Fsp3) is 0.294. The summed E-state index contributed by atoms with van der Waals surface area (Å²) in [7, 11) is -6.78. The minimum absolute atomic E-state index is 0.0231. The van der Waals surface area contributed by atoms with E-state index in [9.17, 15) is 16.8 Å². The average molecular weight is 418 g/mol. The van der Waals surface area contributed by atoms with Crippen LogP contribution in [0.25, 0.3) is 0 Å². The number of ether oxygens (including phenoxy) is 1. The second-order valence-electron chi connectivity index (χ2n) is 5.51. The molecule has 0 fully saturated rings. The molecule has 0 heterocycles. The third kappa shape index (κ3) is 6.28. The zero-order valence-corrected chi connectivity index (χ0v) is 16.6. The standard InChI is InChI=1S/C17H20ClNO5S2/c1-2-25(20,21)11-10-24-16-6-8-17(9-7-16)26(22,23)19-13-14-4-3-5-15(18)12-14/h3-9,12,19H,2,10-11,13H2,1H3. The molecule has 26 heavy (non-hydrogen) atoms. The first kappa shape index (κ1) is 20.7. The summed E-state index contributed by atoms with van der Waals surface area (Å²) in [5.74, 6) is 0.390. The van der Waals surface area contributed by atoms with Crippen LogP contribution < -0.4 is 9.46 Å². The van der Waals surface area contributed by atoms with Gasteiger partial charge in [-0.2, -0.15) is 0 Å². The van der Waals surface area contributed by atoms with E-state index < -0.39 is 19.9 Å². The predicted molar refractivity (Wildman–Crippen MR) is 102 cm³/mol. The van der Waals surface area contributed by atoms with Gasteiger partial charge in [0.2, 0.25) is 10.0 Å². The van der Waals surface area contributed by atoms with Crippen molar-refractivity contribution < 1.29 is 21.6 Å². The van der Waals surface area contributed by atoms with Crippen LogP contribution >= 0.6 is 11.6 Å². The predicted octanol–water partition coefficient (Wildman–Crippen LogP) is 2.63. The number of hydrogen-bond donors (Lipinski definition) is 1. The fourth-order valence-electron chi connectivity index (χ4n) is 2.05. The molecule has 0 atom stereocenters. The molecule has 0 aromatic heterocycles. The zero-order chi connectivity index (χ0) is 19.2. The van der Waals surface area contributed by atoms with E-state index in [2.05, 4.69) is 4.72 Å². The van der Waals surface area contributed by atoms with Crippen molar-refractivity contribution in [1.82, 2.24) is 4.72 Å². The summed E-state index contributed by atoms with van der Waals surface area (Å²) >= 11 is 5.88. The first-order chi connectivity index (χ1) is 12.2. The summed E-state index contributed by atoms with van der Waals surface area (Å²) in [5.41, 5.74) is 0.748. The SMILES string of the molecule is CCS(=O)(=O)CCOc1ccc(S(=O)(=O)NCc2cccc(Cl)c2)cc1. The average Bonchev–Trinajstić information content (AvgIpc) is 2.60. The lowest BCUT2D eigenvalue weighted by molar-refractivity contribution is 0.340. The van der Waals surface area contributed by atoms with Crippen LogP contribution in [0.5, 0.6) is 5.75 Å². The summed E-state index contributed by atoms with van der Waals surface area (Å²) < 4.78 is 55.3. The minimum atomic E-state index is -3.68. The quantitative estimate of drug-likeness (QED) is 0.677. The number of nitrogens with one attached hydrogen (secondary N) is 1. The van der Waals surface area contributed by atoms with E-state index in [1.807, 2.05) is 0 Å². The molecule has 0 spiro atoms. The van der Waals surface area contributed by atoms with Crippen molar-refractivity contribution in [2.24, 2.45) is 0 Å². The first-order valence-electron chi connectivity index (χ1n) is 7.89. The van der Waals surface area contributed by atoms with E-state index in [1.54, 1.807) is 31.2 Å². The maximum atomic E-state index is 12.3. The van der Waals surface area contributed by atoms with Gasteiger partial charge < -0.3 is 4.74 Å². The highest BCUT2D eigenvalue weighted by Crippen LogP contribution is 2.17. The molecule has 0 amide bonds. The molecule has 0 aliphatic rings. The summed E-state index contributed by atoms with van der Waals surface area (Å²) in [6.45, 7) is 1.72. The molecule has 0 saturated heterocycles. The van der Waals surface area contributed by atoms with Gasteiger partial charge in [0.25, 0.3) is 0 Å². The van der Waals surface area contributed by atoms with Crippen molar-refractivity contribution >= 4 is 31.5 Å². The molecule has 0 aliphatic heterocycles. The molecule has 0 aliphatic carbocycles. The number of sulfonamides is 1. The Hall–Kier alpha value is -1.61. The van der Waals surface area contributed by atoms with E-state index in [4.69, 9.17) is 16.3 Å². The second-order valence-corrected chi connectivity index (χ2v) is 10.2. The van der Waals surface area contributed by atoms with Crippen LogP contribution in [0.3, 0.4) is 0 Å². The van der Waals surface area contributed by atoms with Gasteiger partial charge in [0, 0.05) is 17.3 Å². The molecule has 2 rings (SSSR count). The molecule has 142 valence electrons. The topological polar surface area (TPSA) is 89.5 Å². The maximum Gasteiger partial charge on any atom is 0.240 e. The molecule has 0 radical (unpaired) electrons. The molecular weight excluding hydrogens is 398 g/mol. The normalized spacial score (nSPS) is 12.1. The highest BCUT2D eigenvalue weighted by atomic mass is 35.5. The van der Waals surface area contributed by atoms with E-state index >= 15 is 0 Å². The Kier molecular flexibility index (Phi) is 7.05. The third-order valence-corrected chi connectivity index (χ3v) is 6.91. The van der Waals surface area contributed by atoms with Crippen LogP contribution in [-0.2, 0) is 26.4 Å². The molecule has 2 aromatic rings. The highest BCUT2D eigenvalue weighted by Gasteiger charge is 2.14. The molecular formula is C17H20ClNO5S2. The van der Waals surface area contributed by atoms with Gasteiger partial charge in [-0.05, 0) is 42.0 Å². The monoisotopic (exact) mass is 417 g/mol. The van der Waals surface area contributed by atoms with Crippen molar-refractivity contribution in [3.8, 4) is 5.75 Å². The van der Waals surface area contributed by atoms with Gasteiger partial charge in [-0.3, -0.25) is 0 Å².